The molecule has 5 heteroatoms. The van der Waals surface area contributed by atoms with Gasteiger partial charge in [-0.15, -0.1) is 0 Å². The first-order chi connectivity index (χ1) is 10.3. The Morgan fingerprint density at radius 2 is 2.14 bits per heavy atom. The zero-order chi connectivity index (χ0) is 14.8. The molecule has 1 aliphatic heterocycles. The molecule has 116 valence electrons. The minimum Gasteiger partial charge on any atom is -0.356 e. The summed E-state index contributed by atoms with van der Waals surface area (Å²) < 4.78 is 0. The minimum absolute atomic E-state index is 0.175. The van der Waals surface area contributed by atoms with E-state index in [1.807, 2.05) is 12.3 Å². The van der Waals surface area contributed by atoms with Gasteiger partial charge in [0, 0.05) is 38.4 Å². The highest BCUT2D eigenvalue weighted by Gasteiger charge is 2.12. The maximum absolute atomic E-state index is 11.7. The zero-order valence-corrected chi connectivity index (χ0v) is 12.7. The summed E-state index contributed by atoms with van der Waals surface area (Å²) in [5.74, 6) is 0.175. The fourth-order valence-electron chi connectivity index (χ4n) is 2.53. The monoisotopic (exact) mass is 290 g/mol. The lowest BCUT2D eigenvalue weighted by atomic mass is 10.3. The van der Waals surface area contributed by atoms with Crippen molar-refractivity contribution < 1.29 is 4.79 Å². The second kappa shape index (κ2) is 9.47. The van der Waals surface area contributed by atoms with Crippen LogP contribution in [-0.4, -0.2) is 48.5 Å². The van der Waals surface area contributed by atoms with Crippen LogP contribution in [0, 0.1) is 0 Å². The standard InChI is InChI=1S/C16H26N4O/c21-16(6-12-20-10-1-2-11-20)19-9-4-8-18-14-15-5-3-7-17-13-15/h3,5,7,13,18H,1-2,4,6,8-12,14H2,(H,19,21). The Morgan fingerprint density at radius 1 is 1.29 bits per heavy atom. The summed E-state index contributed by atoms with van der Waals surface area (Å²) in [4.78, 5) is 18.1. The van der Waals surface area contributed by atoms with Crippen LogP contribution in [0.3, 0.4) is 0 Å². The predicted octanol–water partition coefficient (Wildman–Crippen LogP) is 1.16. The van der Waals surface area contributed by atoms with Crippen LogP contribution in [0.4, 0.5) is 0 Å². The van der Waals surface area contributed by atoms with Crippen LogP contribution >= 0.6 is 0 Å². The van der Waals surface area contributed by atoms with Gasteiger partial charge >= 0.3 is 0 Å². The maximum Gasteiger partial charge on any atom is 0.221 e. The molecule has 0 atom stereocenters. The van der Waals surface area contributed by atoms with E-state index in [-0.39, 0.29) is 5.91 Å². The Morgan fingerprint density at radius 3 is 2.90 bits per heavy atom. The molecule has 0 bridgehead atoms. The topological polar surface area (TPSA) is 57.3 Å². The van der Waals surface area contributed by atoms with E-state index in [2.05, 4.69) is 26.6 Å². The molecule has 1 aromatic heterocycles. The third-order valence-corrected chi connectivity index (χ3v) is 3.76. The van der Waals surface area contributed by atoms with Crippen molar-refractivity contribution >= 4 is 5.91 Å². The molecule has 0 aliphatic carbocycles. The van der Waals surface area contributed by atoms with E-state index in [1.54, 1.807) is 6.20 Å². The third kappa shape index (κ3) is 6.69. The summed E-state index contributed by atoms with van der Waals surface area (Å²) in [7, 11) is 0. The maximum atomic E-state index is 11.7. The average molecular weight is 290 g/mol. The molecule has 0 unspecified atom stereocenters. The largest absolute Gasteiger partial charge is 0.356 e. The van der Waals surface area contributed by atoms with Gasteiger partial charge in [0.25, 0.3) is 0 Å². The number of hydrogen-bond acceptors (Lipinski definition) is 4. The molecule has 2 N–H and O–H groups in total. The molecule has 1 fully saturated rings. The van der Waals surface area contributed by atoms with Crippen molar-refractivity contribution in [3.05, 3.63) is 30.1 Å². The van der Waals surface area contributed by atoms with Gasteiger partial charge < -0.3 is 15.5 Å². The summed E-state index contributed by atoms with van der Waals surface area (Å²) >= 11 is 0. The van der Waals surface area contributed by atoms with Crippen molar-refractivity contribution in [2.45, 2.75) is 32.2 Å². The molecule has 1 aliphatic rings. The van der Waals surface area contributed by atoms with Gasteiger partial charge in [-0.3, -0.25) is 9.78 Å². The fraction of sp³-hybridized carbons (Fsp3) is 0.625. The Labute approximate surface area is 127 Å². The van der Waals surface area contributed by atoms with Crippen molar-refractivity contribution in [2.75, 3.05) is 32.7 Å². The highest BCUT2D eigenvalue weighted by molar-refractivity contribution is 5.75. The smallest absolute Gasteiger partial charge is 0.221 e. The van der Waals surface area contributed by atoms with E-state index in [1.165, 1.54) is 18.4 Å². The highest BCUT2D eigenvalue weighted by Crippen LogP contribution is 2.07. The number of amides is 1. The number of nitrogens with zero attached hydrogens (tertiary/aromatic N) is 2. The van der Waals surface area contributed by atoms with E-state index in [4.69, 9.17) is 0 Å². The Bertz CT molecular complexity index is 404. The van der Waals surface area contributed by atoms with Gasteiger partial charge in [-0.25, -0.2) is 0 Å². The number of hydrogen-bond donors (Lipinski definition) is 2. The fourth-order valence-corrected chi connectivity index (χ4v) is 2.53. The molecule has 0 saturated carbocycles. The van der Waals surface area contributed by atoms with Crippen LogP contribution in [0.15, 0.2) is 24.5 Å². The lowest BCUT2D eigenvalue weighted by Gasteiger charge is -2.13. The quantitative estimate of drug-likeness (QED) is 0.670. The normalized spacial score (nSPS) is 15.2. The van der Waals surface area contributed by atoms with Gasteiger partial charge in [0.05, 0.1) is 0 Å². The molecule has 2 rings (SSSR count). The van der Waals surface area contributed by atoms with Gasteiger partial charge in [-0.2, -0.15) is 0 Å². The molecular formula is C16H26N4O. The first-order valence-corrected chi connectivity index (χ1v) is 7.93. The Balaban J connectivity index is 1.43. The van der Waals surface area contributed by atoms with E-state index < -0.39 is 0 Å². The first kappa shape index (κ1) is 15.9. The van der Waals surface area contributed by atoms with Crippen molar-refractivity contribution in [1.82, 2.24) is 20.5 Å². The first-order valence-electron chi connectivity index (χ1n) is 7.93. The number of aromatic nitrogens is 1. The van der Waals surface area contributed by atoms with Gasteiger partial charge in [-0.1, -0.05) is 6.07 Å². The van der Waals surface area contributed by atoms with Gasteiger partial charge in [0.2, 0.25) is 5.91 Å². The second-order valence-electron chi connectivity index (χ2n) is 5.54. The van der Waals surface area contributed by atoms with E-state index in [9.17, 15) is 4.79 Å². The van der Waals surface area contributed by atoms with Gasteiger partial charge in [-0.05, 0) is 50.5 Å². The Kier molecular flexibility index (Phi) is 7.18. The van der Waals surface area contributed by atoms with E-state index in [0.29, 0.717) is 6.42 Å². The van der Waals surface area contributed by atoms with Gasteiger partial charge in [0.1, 0.15) is 0 Å². The summed E-state index contributed by atoms with van der Waals surface area (Å²) in [6.45, 7) is 5.71. The zero-order valence-electron chi connectivity index (χ0n) is 12.7. The van der Waals surface area contributed by atoms with E-state index in [0.717, 1.165) is 45.7 Å². The summed E-state index contributed by atoms with van der Waals surface area (Å²) in [5.41, 5.74) is 1.19. The summed E-state index contributed by atoms with van der Waals surface area (Å²) in [6, 6.07) is 4.00. The lowest BCUT2D eigenvalue weighted by Crippen LogP contribution is -2.31. The molecule has 0 radical (unpaired) electrons. The van der Waals surface area contributed by atoms with Crippen LogP contribution in [0.25, 0.3) is 0 Å². The van der Waals surface area contributed by atoms with Crippen molar-refractivity contribution in [1.29, 1.82) is 0 Å². The van der Waals surface area contributed by atoms with Gasteiger partial charge in [0.15, 0.2) is 0 Å². The van der Waals surface area contributed by atoms with Crippen molar-refractivity contribution in [3.8, 4) is 0 Å². The van der Waals surface area contributed by atoms with Crippen molar-refractivity contribution in [3.63, 3.8) is 0 Å². The Hall–Kier alpha value is -1.46. The number of carbonyl (C=O) groups is 1. The average Bonchev–Trinajstić information content (AvgIpc) is 3.03. The second-order valence-corrected chi connectivity index (χ2v) is 5.54. The number of nitrogens with one attached hydrogen (secondary N) is 2. The molecule has 21 heavy (non-hydrogen) atoms. The molecule has 1 saturated heterocycles. The van der Waals surface area contributed by atoms with Crippen LogP contribution in [0.1, 0.15) is 31.2 Å². The molecule has 2 heterocycles. The molecule has 5 nitrogen and oxygen atoms in total. The number of carbonyl (C=O) groups excluding carboxylic acids is 1. The van der Waals surface area contributed by atoms with Crippen LogP contribution in [0.2, 0.25) is 0 Å². The molecule has 1 aromatic rings. The highest BCUT2D eigenvalue weighted by atomic mass is 16.1. The minimum atomic E-state index is 0.175. The van der Waals surface area contributed by atoms with Crippen LogP contribution in [-0.2, 0) is 11.3 Å². The van der Waals surface area contributed by atoms with Crippen molar-refractivity contribution in [2.24, 2.45) is 0 Å². The van der Waals surface area contributed by atoms with E-state index >= 15 is 0 Å². The summed E-state index contributed by atoms with van der Waals surface area (Å²) in [5, 5.41) is 6.34. The number of pyridine rings is 1. The summed E-state index contributed by atoms with van der Waals surface area (Å²) in [6.07, 6.45) is 7.79. The number of rotatable bonds is 9. The molecule has 1 amide bonds. The SMILES string of the molecule is O=C(CCN1CCCC1)NCCCNCc1cccnc1. The number of likely N-dealkylation sites (tertiary alicyclic amines) is 1. The van der Waals surface area contributed by atoms with Crippen LogP contribution < -0.4 is 10.6 Å². The predicted molar refractivity (Wildman–Crippen MR) is 83.9 cm³/mol. The third-order valence-electron chi connectivity index (χ3n) is 3.76. The molecule has 0 aromatic carbocycles. The van der Waals surface area contributed by atoms with Crippen LogP contribution in [0.5, 0.6) is 0 Å². The lowest BCUT2D eigenvalue weighted by molar-refractivity contribution is -0.121. The molecular weight excluding hydrogens is 264 g/mol. The molecule has 0 spiro atoms.